The Kier molecular flexibility index (Phi) is 7.18. The van der Waals surface area contributed by atoms with Crippen LogP contribution in [-0.2, 0) is 19.7 Å². The summed E-state index contributed by atoms with van der Waals surface area (Å²) in [6.45, 7) is 0. The Morgan fingerprint density at radius 2 is 1.48 bits per heavy atom. The summed E-state index contributed by atoms with van der Waals surface area (Å²) in [6, 6.07) is 5.64. The number of hydrogen-bond donors (Lipinski definition) is 3. The van der Waals surface area contributed by atoms with Crippen molar-refractivity contribution in [3.8, 4) is 0 Å². The first kappa shape index (κ1) is 19.1. The van der Waals surface area contributed by atoms with Crippen LogP contribution in [0.2, 0.25) is 0 Å². The molecule has 23 heavy (non-hydrogen) atoms. The average molecular weight is 344 g/mol. The highest BCUT2D eigenvalue weighted by Crippen LogP contribution is 2.28. The minimum Gasteiger partial charge on any atom is -0.481 e. The summed E-state index contributed by atoms with van der Waals surface area (Å²) in [5, 5.41) is 17.4. The summed E-state index contributed by atoms with van der Waals surface area (Å²) >= 11 is 0. The molecule has 0 radical (unpaired) electrons. The Hall–Kier alpha value is -1.93. The molecule has 8 heteroatoms. The zero-order valence-corrected chi connectivity index (χ0v) is 13.3. The van der Waals surface area contributed by atoms with Crippen molar-refractivity contribution in [1.82, 2.24) is 0 Å². The minimum absolute atomic E-state index is 0.0242. The molecule has 1 unspecified atom stereocenters. The van der Waals surface area contributed by atoms with E-state index in [-0.39, 0.29) is 23.7 Å². The maximum Gasteiger partial charge on any atom is 0.303 e. The van der Waals surface area contributed by atoms with Gasteiger partial charge in [0.05, 0.1) is 4.90 Å². The van der Waals surface area contributed by atoms with Crippen LogP contribution < -0.4 is 0 Å². The van der Waals surface area contributed by atoms with Gasteiger partial charge in [0.1, 0.15) is 0 Å². The van der Waals surface area contributed by atoms with Crippen LogP contribution in [0.25, 0.3) is 0 Å². The average Bonchev–Trinajstić information content (AvgIpc) is 2.45. The Balaban J connectivity index is 2.77. The Bertz CT molecular complexity index is 634. The first-order valence-corrected chi connectivity index (χ1v) is 8.65. The highest BCUT2D eigenvalue weighted by atomic mass is 32.2. The lowest BCUT2D eigenvalue weighted by molar-refractivity contribution is -0.138. The Morgan fingerprint density at radius 3 is 1.96 bits per heavy atom. The van der Waals surface area contributed by atoms with Crippen molar-refractivity contribution in [3.63, 3.8) is 0 Å². The van der Waals surface area contributed by atoms with Gasteiger partial charge in [0.2, 0.25) is 0 Å². The SMILES string of the molecule is O=C(O)CCCCC(CCC(=O)O)c1ccc(S(=O)(=O)O)cc1. The van der Waals surface area contributed by atoms with Gasteiger partial charge < -0.3 is 10.2 Å². The molecule has 0 saturated carbocycles. The fraction of sp³-hybridized carbons (Fsp3) is 0.467. The zero-order chi connectivity index (χ0) is 17.5. The van der Waals surface area contributed by atoms with E-state index in [1.165, 1.54) is 12.1 Å². The predicted molar refractivity (Wildman–Crippen MR) is 82.0 cm³/mol. The molecular weight excluding hydrogens is 324 g/mol. The third-order valence-corrected chi connectivity index (χ3v) is 4.42. The van der Waals surface area contributed by atoms with Gasteiger partial charge in [0.25, 0.3) is 10.1 Å². The highest BCUT2D eigenvalue weighted by molar-refractivity contribution is 7.85. The number of benzene rings is 1. The molecule has 1 rings (SSSR count). The van der Waals surface area contributed by atoms with Gasteiger partial charge >= 0.3 is 11.9 Å². The number of carbonyl (C=O) groups is 2. The summed E-state index contributed by atoms with van der Waals surface area (Å²) in [5.74, 6) is -1.89. The van der Waals surface area contributed by atoms with Crippen LogP contribution in [-0.4, -0.2) is 35.1 Å². The zero-order valence-electron chi connectivity index (χ0n) is 12.5. The van der Waals surface area contributed by atoms with Crippen molar-refractivity contribution in [2.45, 2.75) is 49.3 Å². The quantitative estimate of drug-likeness (QED) is 0.439. The Morgan fingerprint density at radius 1 is 0.913 bits per heavy atom. The number of unbranched alkanes of at least 4 members (excludes halogenated alkanes) is 1. The number of aliphatic carboxylic acids is 2. The smallest absolute Gasteiger partial charge is 0.303 e. The summed E-state index contributed by atoms with van der Waals surface area (Å²) in [4.78, 5) is 21.0. The molecule has 0 aliphatic carbocycles. The van der Waals surface area contributed by atoms with Crippen molar-refractivity contribution in [2.75, 3.05) is 0 Å². The van der Waals surface area contributed by atoms with Crippen LogP contribution in [0.1, 0.15) is 50.0 Å². The summed E-state index contributed by atoms with van der Waals surface area (Å²) in [6.07, 6.45) is 2.18. The van der Waals surface area contributed by atoms with Crippen LogP contribution in [0.4, 0.5) is 0 Å². The molecule has 0 heterocycles. The highest BCUT2D eigenvalue weighted by Gasteiger charge is 2.15. The number of hydrogen-bond acceptors (Lipinski definition) is 4. The normalized spacial score (nSPS) is 12.7. The maximum absolute atomic E-state index is 11.0. The van der Waals surface area contributed by atoms with E-state index in [0.29, 0.717) is 25.7 Å². The van der Waals surface area contributed by atoms with Crippen molar-refractivity contribution >= 4 is 22.1 Å². The second-order valence-corrected chi connectivity index (χ2v) is 6.73. The second-order valence-electron chi connectivity index (χ2n) is 5.31. The molecular formula is C15H20O7S. The first-order valence-electron chi connectivity index (χ1n) is 7.21. The fourth-order valence-corrected chi connectivity index (χ4v) is 2.83. The standard InChI is InChI=1S/C15H20O7S/c16-14(17)4-2-1-3-11(7-10-15(18)19)12-5-8-13(9-6-12)23(20,21)22/h5-6,8-9,11H,1-4,7,10H2,(H,16,17)(H,18,19)(H,20,21,22). The van der Waals surface area contributed by atoms with E-state index in [1.54, 1.807) is 12.1 Å². The van der Waals surface area contributed by atoms with E-state index < -0.39 is 22.1 Å². The third kappa shape index (κ3) is 7.25. The van der Waals surface area contributed by atoms with Gasteiger partial charge in [-0.15, -0.1) is 0 Å². The fourth-order valence-electron chi connectivity index (χ4n) is 2.35. The lowest BCUT2D eigenvalue weighted by atomic mass is 9.89. The van der Waals surface area contributed by atoms with Crippen LogP contribution in [0.15, 0.2) is 29.2 Å². The molecule has 128 valence electrons. The van der Waals surface area contributed by atoms with E-state index in [9.17, 15) is 18.0 Å². The molecule has 3 N–H and O–H groups in total. The number of carboxylic acid groups (broad SMARTS) is 2. The van der Waals surface area contributed by atoms with Gasteiger partial charge in [-0.25, -0.2) is 0 Å². The molecule has 0 amide bonds. The second kappa shape index (κ2) is 8.64. The lowest BCUT2D eigenvalue weighted by Crippen LogP contribution is -2.05. The van der Waals surface area contributed by atoms with E-state index in [2.05, 4.69) is 0 Å². The maximum atomic E-state index is 11.0. The molecule has 1 aromatic carbocycles. The van der Waals surface area contributed by atoms with E-state index in [0.717, 1.165) is 5.56 Å². The van der Waals surface area contributed by atoms with Crippen LogP contribution >= 0.6 is 0 Å². The summed E-state index contributed by atoms with van der Waals surface area (Å²) in [5.41, 5.74) is 0.772. The number of rotatable bonds is 10. The van der Waals surface area contributed by atoms with Crippen LogP contribution in [0, 0.1) is 0 Å². The molecule has 0 spiro atoms. The summed E-state index contributed by atoms with van der Waals surface area (Å²) < 4.78 is 31.0. The van der Waals surface area contributed by atoms with Gasteiger partial charge in [0, 0.05) is 12.8 Å². The monoisotopic (exact) mass is 344 g/mol. The van der Waals surface area contributed by atoms with Gasteiger partial charge in [-0.2, -0.15) is 8.42 Å². The van der Waals surface area contributed by atoms with Gasteiger partial charge in [-0.3, -0.25) is 14.1 Å². The number of carboxylic acids is 2. The molecule has 0 aliphatic heterocycles. The Labute approximate surface area is 134 Å². The molecule has 1 aromatic rings. The molecule has 0 bridgehead atoms. The molecule has 0 saturated heterocycles. The van der Waals surface area contributed by atoms with E-state index >= 15 is 0 Å². The summed E-state index contributed by atoms with van der Waals surface area (Å²) in [7, 11) is -4.26. The largest absolute Gasteiger partial charge is 0.481 e. The first-order chi connectivity index (χ1) is 10.7. The predicted octanol–water partition coefficient (Wildman–Crippen LogP) is 2.53. The third-order valence-electron chi connectivity index (χ3n) is 3.55. The van der Waals surface area contributed by atoms with Crippen molar-refractivity contribution in [3.05, 3.63) is 29.8 Å². The van der Waals surface area contributed by atoms with Gasteiger partial charge in [-0.05, 0) is 42.9 Å². The van der Waals surface area contributed by atoms with E-state index in [1.807, 2.05) is 0 Å². The van der Waals surface area contributed by atoms with Crippen molar-refractivity contribution in [2.24, 2.45) is 0 Å². The van der Waals surface area contributed by atoms with Crippen molar-refractivity contribution in [1.29, 1.82) is 0 Å². The van der Waals surface area contributed by atoms with Gasteiger partial charge in [-0.1, -0.05) is 18.6 Å². The molecule has 1 atom stereocenters. The van der Waals surface area contributed by atoms with Crippen LogP contribution in [0.5, 0.6) is 0 Å². The molecule has 0 fully saturated rings. The topological polar surface area (TPSA) is 129 Å². The van der Waals surface area contributed by atoms with Crippen LogP contribution in [0.3, 0.4) is 0 Å². The van der Waals surface area contributed by atoms with Crippen molar-refractivity contribution < 1.29 is 32.8 Å². The molecule has 0 aliphatic rings. The minimum atomic E-state index is -4.26. The van der Waals surface area contributed by atoms with E-state index in [4.69, 9.17) is 14.8 Å². The van der Waals surface area contributed by atoms with Gasteiger partial charge in [0.15, 0.2) is 0 Å². The molecule has 0 aromatic heterocycles. The molecule has 7 nitrogen and oxygen atoms in total. The lowest BCUT2D eigenvalue weighted by Gasteiger charge is -2.16.